The second-order valence-electron chi connectivity index (χ2n) is 3.89. The van der Waals surface area contributed by atoms with Gasteiger partial charge in [-0.25, -0.2) is 9.40 Å². The minimum absolute atomic E-state index is 0.106. The lowest BCUT2D eigenvalue weighted by molar-refractivity contribution is 0.136. The van der Waals surface area contributed by atoms with Crippen LogP contribution < -0.4 is 5.84 Å². The smallest absolute Gasteiger partial charge is 0.131 e. The Morgan fingerprint density at radius 3 is 2.55 bits per heavy atom. The topological polar surface area (TPSA) is 29.3 Å². The molecule has 1 heterocycles. The van der Waals surface area contributed by atoms with Crippen LogP contribution in [0.5, 0.6) is 0 Å². The van der Waals surface area contributed by atoms with Crippen LogP contribution >= 0.6 is 9.24 Å². The summed E-state index contributed by atoms with van der Waals surface area (Å²) in [7, 11) is 2.32. The van der Waals surface area contributed by atoms with Gasteiger partial charge in [-0.05, 0) is 19.3 Å². The van der Waals surface area contributed by atoms with Crippen LogP contribution in [0.3, 0.4) is 0 Å². The number of nitrogens with zero attached hydrogens (tertiary/aromatic N) is 1. The lowest BCUT2D eigenvalue weighted by Gasteiger charge is -2.30. The Balaban J connectivity index is 2.06. The van der Waals surface area contributed by atoms with Gasteiger partial charge in [0.25, 0.3) is 0 Å². The highest BCUT2D eigenvalue weighted by Crippen LogP contribution is 2.66. The summed E-state index contributed by atoms with van der Waals surface area (Å²) in [6.45, 7) is 1.65. The van der Waals surface area contributed by atoms with Crippen LogP contribution in [0.2, 0.25) is 0 Å². The summed E-state index contributed by atoms with van der Waals surface area (Å²) in [6.07, 6.45) is 2.72. The molecule has 2 rings (SSSR count). The Kier molecular flexibility index (Phi) is 1.55. The van der Waals surface area contributed by atoms with Crippen LogP contribution in [0, 0.1) is 5.41 Å². The zero-order valence-electron chi connectivity index (χ0n) is 6.52. The van der Waals surface area contributed by atoms with Crippen molar-refractivity contribution < 1.29 is 4.39 Å². The van der Waals surface area contributed by atoms with Crippen LogP contribution in [0.15, 0.2) is 0 Å². The predicted molar refractivity (Wildman–Crippen MR) is 45.6 cm³/mol. The summed E-state index contributed by atoms with van der Waals surface area (Å²) in [5, 5.41) is 0.736. The number of rotatable bonds is 0. The van der Waals surface area contributed by atoms with Crippen LogP contribution in [0.4, 0.5) is 4.39 Å². The fourth-order valence-corrected chi connectivity index (χ4v) is 2.73. The van der Waals surface area contributed by atoms with Gasteiger partial charge in [-0.3, -0.25) is 5.84 Å². The van der Waals surface area contributed by atoms with E-state index in [4.69, 9.17) is 5.84 Å². The molecule has 64 valence electrons. The van der Waals surface area contributed by atoms with Crippen LogP contribution in [-0.2, 0) is 0 Å². The molecule has 2 aliphatic rings. The summed E-state index contributed by atoms with van der Waals surface area (Å²) in [6, 6.07) is 0. The van der Waals surface area contributed by atoms with E-state index in [1.807, 2.05) is 0 Å². The average molecular weight is 176 g/mol. The molecule has 0 aromatic carbocycles. The van der Waals surface area contributed by atoms with Crippen molar-refractivity contribution in [2.75, 3.05) is 13.1 Å². The molecular weight excluding hydrogens is 162 g/mol. The lowest BCUT2D eigenvalue weighted by atomic mass is 9.96. The fourth-order valence-electron chi connectivity index (χ4n) is 2.10. The highest BCUT2D eigenvalue weighted by atomic mass is 31.0. The van der Waals surface area contributed by atoms with Crippen molar-refractivity contribution in [3.63, 3.8) is 0 Å². The molecule has 1 saturated heterocycles. The summed E-state index contributed by atoms with van der Waals surface area (Å²) < 4.78 is 13.4. The third-order valence-electron chi connectivity index (χ3n) is 2.96. The molecule has 3 atom stereocenters. The molecule has 4 heteroatoms. The van der Waals surface area contributed by atoms with Gasteiger partial charge in [0.05, 0.1) is 0 Å². The van der Waals surface area contributed by atoms with Gasteiger partial charge in [-0.1, -0.05) is 9.24 Å². The molecule has 2 N–H and O–H groups in total. The van der Waals surface area contributed by atoms with Gasteiger partial charge in [0.1, 0.15) is 5.41 Å². The van der Waals surface area contributed by atoms with E-state index in [9.17, 15) is 4.39 Å². The molecule has 0 amide bonds. The molecule has 0 bridgehead atoms. The summed E-state index contributed by atoms with van der Waals surface area (Å²) in [4.78, 5) is 0. The maximum atomic E-state index is 13.4. The first kappa shape index (κ1) is 7.90. The quantitative estimate of drug-likeness (QED) is 0.438. The molecule has 1 spiro atoms. The van der Waals surface area contributed by atoms with Crippen LogP contribution in [-0.4, -0.2) is 23.5 Å². The van der Waals surface area contributed by atoms with E-state index >= 15 is 0 Å². The van der Waals surface area contributed by atoms with E-state index in [1.54, 1.807) is 5.01 Å². The Morgan fingerprint density at radius 1 is 1.55 bits per heavy atom. The third-order valence-corrected chi connectivity index (χ3v) is 3.78. The van der Waals surface area contributed by atoms with Gasteiger partial charge in [0.15, 0.2) is 0 Å². The maximum Gasteiger partial charge on any atom is 0.131 e. The molecule has 1 saturated carbocycles. The van der Waals surface area contributed by atoms with Crippen molar-refractivity contribution in [2.45, 2.75) is 24.7 Å². The van der Waals surface area contributed by atoms with E-state index in [0.717, 1.165) is 25.9 Å². The minimum atomic E-state index is -1.01. The van der Waals surface area contributed by atoms with Crippen molar-refractivity contribution in [1.82, 2.24) is 5.01 Å². The minimum Gasteiger partial charge on any atom is -0.269 e. The van der Waals surface area contributed by atoms with Crippen molar-refractivity contribution in [3.05, 3.63) is 0 Å². The number of halogens is 1. The van der Waals surface area contributed by atoms with Crippen molar-refractivity contribution in [1.29, 1.82) is 0 Å². The lowest BCUT2D eigenvalue weighted by Crippen LogP contribution is -2.43. The largest absolute Gasteiger partial charge is 0.269 e. The molecule has 0 aromatic rings. The van der Waals surface area contributed by atoms with E-state index in [1.165, 1.54) is 0 Å². The highest BCUT2D eigenvalue weighted by molar-refractivity contribution is 7.19. The van der Waals surface area contributed by atoms with E-state index in [0.29, 0.717) is 6.42 Å². The molecule has 11 heavy (non-hydrogen) atoms. The normalized spacial score (nSPS) is 51.5. The first-order valence-corrected chi connectivity index (χ1v) is 4.61. The number of piperidine rings is 1. The molecule has 3 unspecified atom stereocenters. The van der Waals surface area contributed by atoms with Gasteiger partial charge in [-0.15, -0.1) is 0 Å². The second-order valence-corrected chi connectivity index (χ2v) is 4.81. The SMILES string of the molecule is NN1CCCC2(C1)CC2(F)P. The van der Waals surface area contributed by atoms with Crippen LogP contribution in [0.25, 0.3) is 0 Å². The third kappa shape index (κ3) is 1.10. The average Bonchev–Trinajstić information content (AvgIpc) is 2.32. The molecule has 2 fully saturated rings. The molecule has 0 aromatic heterocycles. The second kappa shape index (κ2) is 2.15. The maximum absolute atomic E-state index is 13.4. The predicted octanol–water partition coefficient (Wildman–Crippen LogP) is 0.887. The highest BCUT2D eigenvalue weighted by Gasteiger charge is 2.66. The fraction of sp³-hybridized carbons (Fsp3) is 1.00. The van der Waals surface area contributed by atoms with Crippen molar-refractivity contribution in [3.8, 4) is 0 Å². The zero-order chi connectivity index (χ0) is 8.11. The molecule has 1 aliphatic carbocycles. The van der Waals surface area contributed by atoms with Crippen molar-refractivity contribution in [2.24, 2.45) is 11.3 Å². The summed E-state index contributed by atoms with van der Waals surface area (Å²) in [5.74, 6) is 5.63. The van der Waals surface area contributed by atoms with Gasteiger partial charge >= 0.3 is 0 Å². The Hall–Kier alpha value is 0.280. The van der Waals surface area contributed by atoms with E-state index < -0.39 is 5.41 Å². The van der Waals surface area contributed by atoms with Gasteiger partial charge in [0, 0.05) is 18.5 Å². The van der Waals surface area contributed by atoms with Crippen molar-refractivity contribution >= 4 is 9.24 Å². The van der Waals surface area contributed by atoms with E-state index in [2.05, 4.69) is 9.24 Å². The monoisotopic (exact) mass is 176 g/mol. The van der Waals surface area contributed by atoms with Gasteiger partial charge < -0.3 is 0 Å². The molecule has 0 radical (unpaired) electrons. The Bertz CT molecular complexity index is 185. The number of hydrogen-bond acceptors (Lipinski definition) is 2. The summed E-state index contributed by atoms with van der Waals surface area (Å²) in [5.41, 5.74) is -0.106. The zero-order valence-corrected chi connectivity index (χ0v) is 7.67. The number of hydrazine groups is 1. The standard InChI is InChI=1S/C7H14FN2P/c8-7(11)4-6(7)2-1-3-10(9)5-6/h1-5,9,11H2. The Labute approximate surface area is 68.5 Å². The number of nitrogens with two attached hydrogens (primary N) is 1. The molecule has 2 nitrogen and oxygen atoms in total. The van der Waals surface area contributed by atoms with Gasteiger partial charge in [0.2, 0.25) is 0 Å². The first-order valence-electron chi connectivity index (χ1n) is 4.03. The van der Waals surface area contributed by atoms with E-state index in [-0.39, 0.29) is 5.41 Å². The summed E-state index contributed by atoms with van der Waals surface area (Å²) >= 11 is 0. The van der Waals surface area contributed by atoms with Crippen LogP contribution in [0.1, 0.15) is 19.3 Å². The Morgan fingerprint density at radius 2 is 2.18 bits per heavy atom. The van der Waals surface area contributed by atoms with Gasteiger partial charge in [-0.2, -0.15) is 0 Å². The number of hydrogen-bond donors (Lipinski definition) is 1. The molecule has 1 aliphatic heterocycles. The first-order chi connectivity index (χ1) is 5.06. The molecular formula is C7H14FN2P. The number of alkyl halides is 1.